The molecular weight excluding hydrogens is 204 g/mol. The number of carbonyl (C=O) groups is 1. The van der Waals surface area contributed by atoms with Crippen LogP contribution < -0.4 is 0 Å². The van der Waals surface area contributed by atoms with Crippen molar-refractivity contribution in [2.45, 2.75) is 6.42 Å². The van der Waals surface area contributed by atoms with Gasteiger partial charge in [-0.3, -0.25) is 0 Å². The van der Waals surface area contributed by atoms with Gasteiger partial charge in [0.1, 0.15) is 5.65 Å². The smallest absolute Gasteiger partial charge is 0.339 e. The molecule has 0 bridgehead atoms. The standard InChI is InChI=1S/C12H10N2O2/c1-3-4-10-8-14-7-9(12(15)16-2)5-6-11(14)13-10/h1,5-8H,4H2,2H3. The van der Waals surface area contributed by atoms with E-state index in [1.54, 1.807) is 22.7 Å². The van der Waals surface area contributed by atoms with Crippen molar-refractivity contribution in [2.24, 2.45) is 0 Å². The van der Waals surface area contributed by atoms with Gasteiger partial charge in [0.15, 0.2) is 0 Å². The van der Waals surface area contributed by atoms with Crippen LogP contribution >= 0.6 is 0 Å². The van der Waals surface area contributed by atoms with Crippen LogP contribution in [0.2, 0.25) is 0 Å². The highest BCUT2D eigenvalue weighted by Gasteiger charge is 2.07. The number of methoxy groups -OCH3 is 1. The third kappa shape index (κ3) is 1.75. The molecule has 2 heterocycles. The van der Waals surface area contributed by atoms with E-state index in [1.807, 2.05) is 6.20 Å². The summed E-state index contributed by atoms with van der Waals surface area (Å²) in [6, 6.07) is 3.43. The molecule has 0 spiro atoms. The maximum absolute atomic E-state index is 11.3. The quantitative estimate of drug-likeness (QED) is 0.559. The van der Waals surface area contributed by atoms with Crippen LogP contribution in [0.1, 0.15) is 16.1 Å². The minimum absolute atomic E-state index is 0.367. The third-order valence-corrected chi connectivity index (χ3v) is 2.21. The number of hydrogen-bond donors (Lipinski definition) is 0. The second kappa shape index (κ2) is 4.07. The number of carbonyl (C=O) groups excluding carboxylic acids is 1. The Kier molecular flexibility index (Phi) is 2.61. The van der Waals surface area contributed by atoms with Crippen molar-refractivity contribution in [3.8, 4) is 12.3 Å². The monoisotopic (exact) mass is 214 g/mol. The highest BCUT2D eigenvalue weighted by molar-refractivity contribution is 5.89. The van der Waals surface area contributed by atoms with Gasteiger partial charge in [-0.1, -0.05) is 0 Å². The van der Waals surface area contributed by atoms with Crippen LogP contribution in [0, 0.1) is 12.3 Å². The van der Waals surface area contributed by atoms with Gasteiger partial charge in [0.25, 0.3) is 0 Å². The molecule has 0 aliphatic rings. The molecule has 2 aromatic rings. The summed E-state index contributed by atoms with van der Waals surface area (Å²) in [4.78, 5) is 15.6. The SMILES string of the molecule is C#CCc1cn2cc(C(=O)OC)ccc2n1. The normalized spacial score (nSPS) is 10.0. The number of nitrogens with zero attached hydrogens (tertiary/aromatic N) is 2. The molecule has 0 amide bonds. The van der Waals surface area contributed by atoms with E-state index in [0.717, 1.165) is 11.3 Å². The number of esters is 1. The highest BCUT2D eigenvalue weighted by Crippen LogP contribution is 2.09. The lowest BCUT2D eigenvalue weighted by Gasteiger charge is -1.99. The van der Waals surface area contributed by atoms with Crippen molar-refractivity contribution in [3.63, 3.8) is 0 Å². The Morgan fingerprint density at radius 2 is 2.38 bits per heavy atom. The van der Waals surface area contributed by atoms with Crippen LogP contribution in [0.15, 0.2) is 24.5 Å². The molecular formula is C12H10N2O2. The van der Waals surface area contributed by atoms with E-state index in [0.29, 0.717) is 12.0 Å². The summed E-state index contributed by atoms with van der Waals surface area (Å²) in [5.41, 5.74) is 2.06. The minimum Gasteiger partial charge on any atom is -0.465 e. The number of imidazole rings is 1. The van der Waals surface area contributed by atoms with E-state index < -0.39 is 0 Å². The maximum atomic E-state index is 11.3. The molecule has 0 fully saturated rings. The van der Waals surface area contributed by atoms with Gasteiger partial charge in [0.05, 0.1) is 24.8 Å². The lowest BCUT2D eigenvalue weighted by Crippen LogP contribution is -2.02. The van der Waals surface area contributed by atoms with Crippen LogP contribution in [0.4, 0.5) is 0 Å². The fourth-order valence-electron chi connectivity index (χ4n) is 1.47. The summed E-state index contributed by atoms with van der Waals surface area (Å²) in [5.74, 6) is 2.16. The van der Waals surface area contributed by atoms with Crippen LogP contribution in [0.3, 0.4) is 0 Å². The van der Waals surface area contributed by atoms with E-state index >= 15 is 0 Å². The van der Waals surface area contributed by atoms with Gasteiger partial charge in [-0.25, -0.2) is 9.78 Å². The second-order valence-electron chi connectivity index (χ2n) is 3.29. The van der Waals surface area contributed by atoms with E-state index in [4.69, 9.17) is 6.42 Å². The van der Waals surface area contributed by atoms with Crippen LogP contribution in [0.25, 0.3) is 5.65 Å². The van der Waals surface area contributed by atoms with Gasteiger partial charge >= 0.3 is 5.97 Å². The molecule has 2 rings (SSSR count). The molecule has 0 radical (unpaired) electrons. The van der Waals surface area contributed by atoms with Crippen LogP contribution in [-0.4, -0.2) is 22.5 Å². The van der Waals surface area contributed by atoms with Crippen LogP contribution in [-0.2, 0) is 11.2 Å². The van der Waals surface area contributed by atoms with Gasteiger partial charge in [0.2, 0.25) is 0 Å². The average molecular weight is 214 g/mol. The number of ether oxygens (including phenoxy) is 1. The molecule has 0 aliphatic carbocycles. The summed E-state index contributed by atoms with van der Waals surface area (Å²) in [5, 5.41) is 0. The van der Waals surface area contributed by atoms with Gasteiger partial charge in [-0.05, 0) is 12.1 Å². The molecule has 0 unspecified atom stereocenters. The van der Waals surface area contributed by atoms with Crippen LogP contribution in [0.5, 0.6) is 0 Å². The zero-order chi connectivity index (χ0) is 11.5. The number of pyridine rings is 1. The van der Waals surface area contributed by atoms with E-state index in [9.17, 15) is 4.79 Å². The summed E-state index contributed by atoms with van der Waals surface area (Å²) in [7, 11) is 1.35. The maximum Gasteiger partial charge on any atom is 0.339 e. The molecule has 0 saturated heterocycles. The van der Waals surface area contributed by atoms with Crippen molar-refractivity contribution >= 4 is 11.6 Å². The Bertz CT molecular complexity index is 578. The van der Waals surface area contributed by atoms with E-state index in [1.165, 1.54) is 7.11 Å². The zero-order valence-corrected chi connectivity index (χ0v) is 8.80. The summed E-state index contributed by atoms with van der Waals surface area (Å²) in [6.07, 6.45) is 9.17. The Balaban J connectivity index is 2.46. The van der Waals surface area contributed by atoms with E-state index in [2.05, 4.69) is 15.6 Å². The lowest BCUT2D eigenvalue weighted by molar-refractivity contribution is 0.0600. The largest absolute Gasteiger partial charge is 0.465 e. The number of aromatic nitrogens is 2. The number of rotatable bonds is 2. The first kappa shape index (κ1) is 10.2. The fraction of sp³-hybridized carbons (Fsp3) is 0.167. The summed E-state index contributed by atoms with van der Waals surface area (Å²) in [6.45, 7) is 0. The first-order valence-electron chi connectivity index (χ1n) is 4.74. The number of fused-ring (bicyclic) bond motifs is 1. The second-order valence-corrected chi connectivity index (χ2v) is 3.29. The third-order valence-electron chi connectivity index (χ3n) is 2.21. The van der Waals surface area contributed by atoms with Crippen molar-refractivity contribution in [2.75, 3.05) is 7.11 Å². The average Bonchev–Trinajstić information content (AvgIpc) is 2.69. The first-order chi connectivity index (χ1) is 7.74. The van der Waals surface area contributed by atoms with Crippen molar-refractivity contribution in [3.05, 3.63) is 35.8 Å². The Morgan fingerprint density at radius 1 is 1.56 bits per heavy atom. The molecule has 16 heavy (non-hydrogen) atoms. The molecule has 80 valence electrons. The van der Waals surface area contributed by atoms with Crippen molar-refractivity contribution < 1.29 is 9.53 Å². The van der Waals surface area contributed by atoms with Gasteiger partial charge in [-0.15, -0.1) is 12.3 Å². The topological polar surface area (TPSA) is 43.6 Å². The highest BCUT2D eigenvalue weighted by atomic mass is 16.5. The predicted molar refractivity (Wildman–Crippen MR) is 59.1 cm³/mol. The molecule has 4 heteroatoms. The Morgan fingerprint density at radius 3 is 3.06 bits per heavy atom. The van der Waals surface area contributed by atoms with Gasteiger partial charge < -0.3 is 9.14 Å². The molecule has 0 saturated carbocycles. The Labute approximate surface area is 92.9 Å². The number of hydrogen-bond acceptors (Lipinski definition) is 3. The molecule has 2 aromatic heterocycles. The fourth-order valence-corrected chi connectivity index (χ4v) is 1.47. The summed E-state index contributed by atoms with van der Waals surface area (Å²) < 4.78 is 6.40. The Hall–Kier alpha value is -2.28. The van der Waals surface area contributed by atoms with Gasteiger partial charge in [-0.2, -0.15) is 0 Å². The molecule has 0 N–H and O–H groups in total. The zero-order valence-electron chi connectivity index (χ0n) is 8.80. The van der Waals surface area contributed by atoms with E-state index in [-0.39, 0.29) is 5.97 Å². The molecule has 0 aromatic carbocycles. The lowest BCUT2D eigenvalue weighted by atomic mass is 10.3. The van der Waals surface area contributed by atoms with Crippen molar-refractivity contribution in [1.82, 2.24) is 9.38 Å². The molecule has 0 aliphatic heterocycles. The van der Waals surface area contributed by atoms with Gasteiger partial charge in [0, 0.05) is 12.4 Å². The number of terminal acetylenes is 1. The minimum atomic E-state index is -0.367. The van der Waals surface area contributed by atoms with Crippen molar-refractivity contribution in [1.29, 1.82) is 0 Å². The molecule has 0 atom stereocenters. The molecule has 4 nitrogen and oxygen atoms in total. The summed E-state index contributed by atoms with van der Waals surface area (Å²) >= 11 is 0. The first-order valence-corrected chi connectivity index (χ1v) is 4.74. The predicted octanol–water partition coefficient (Wildman–Crippen LogP) is 1.30.